The number of carbonyl (C=O) groups excluding carboxylic acids is 1. The van der Waals surface area contributed by atoms with Gasteiger partial charge < -0.3 is 14.5 Å². The molecule has 0 fully saturated rings. The molecule has 28 heavy (non-hydrogen) atoms. The molecule has 0 bridgehead atoms. The van der Waals surface area contributed by atoms with E-state index in [0.29, 0.717) is 24.2 Å². The number of amides is 1. The van der Waals surface area contributed by atoms with Crippen LogP contribution in [0.2, 0.25) is 0 Å². The molecule has 0 saturated heterocycles. The van der Waals surface area contributed by atoms with Gasteiger partial charge in [-0.1, -0.05) is 17.3 Å². The predicted molar refractivity (Wildman–Crippen MR) is 104 cm³/mol. The number of anilines is 2. The third-order valence-corrected chi connectivity index (χ3v) is 5.13. The minimum absolute atomic E-state index is 0.0291. The van der Waals surface area contributed by atoms with Crippen molar-refractivity contribution >= 4 is 27.3 Å². The first kappa shape index (κ1) is 18.1. The number of fused-ring (bicyclic) bond motifs is 1. The summed E-state index contributed by atoms with van der Waals surface area (Å²) in [5.41, 5.74) is 3.80. The van der Waals surface area contributed by atoms with Gasteiger partial charge in [0.2, 0.25) is 10.0 Å². The van der Waals surface area contributed by atoms with Crippen LogP contribution in [-0.4, -0.2) is 37.4 Å². The van der Waals surface area contributed by atoms with Crippen LogP contribution in [0.3, 0.4) is 0 Å². The molecule has 2 aromatic carbocycles. The number of nitrogens with zero attached hydrogens (tertiary/aromatic N) is 2. The third kappa shape index (κ3) is 3.44. The number of hydrogen-bond donors (Lipinski definition) is 2. The van der Waals surface area contributed by atoms with Crippen LogP contribution in [0.5, 0.6) is 5.75 Å². The zero-order chi connectivity index (χ0) is 19.9. The lowest BCUT2D eigenvalue weighted by Gasteiger charge is -2.29. The summed E-state index contributed by atoms with van der Waals surface area (Å²) >= 11 is 0. The molecular formula is C19H17N3O5S. The fourth-order valence-electron chi connectivity index (χ4n) is 3.24. The van der Waals surface area contributed by atoms with E-state index in [-0.39, 0.29) is 17.3 Å². The Kier molecular flexibility index (Phi) is 4.31. The van der Waals surface area contributed by atoms with Crippen LogP contribution in [0.25, 0.3) is 11.1 Å². The smallest absolute Gasteiger partial charge is 0.258 e. The summed E-state index contributed by atoms with van der Waals surface area (Å²) in [6.07, 6.45) is 4.79. The molecule has 3 aromatic rings. The Morgan fingerprint density at radius 1 is 1.18 bits per heavy atom. The first-order chi connectivity index (χ1) is 13.3. The second kappa shape index (κ2) is 6.68. The van der Waals surface area contributed by atoms with E-state index in [1.807, 2.05) is 12.1 Å². The summed E-state index contributed by atoms with van der Waals surface area (Å²) in [4.78, 5) is 14.6. The van der Waals surface area contributed by atoms with E-state index in [2.05, 4.69) is 9.88 Å². The van der Waals surface area contributed by atoms with Gasteiger partial charge in [0.1, 0.15) is 12.0 Å². The number of benzene rings is 2. The van der Waals surface area contributed by atoms with Gasteiger partial charge in [-0.3, -0.25) is 9.52 Å². The third-order valence-electron chi connectivity index (χ3n) is 4.54. The predicted octanol–water partition coefficient (Wildman–Crippen LogP) is 2.62. The van der Waals surface area contributed by atoms with Crippen LogP contribution in [-0.2, 0) is 16.4 Å². The highest BCUT2D eigenvalue weighted by Crippen LogP contribution is 2.33. The van der Waals surface area contributed by atoms with Crippen LogP contribution in [0.4, 0.5) is 11.4 Å². The average molecular weight is 399 g/mol. The van der Waals surface area contributed by atoms with Crippen molar-refractivity contribution in [3.63, 3.8) is 0 Å². The Bertz CT molecular complexity index is 1160. The monoisotopic (exact) mass is 399 g/mol. The van der Waals surface area contributed by atoms with Crippen LogP contribution < -0.4 is 9.62 Å². The summed E-state index contributed by atoms with van der Waals surface area (Å²) in [7, 11) is -3.56. The highest BCUT2D eigenvalue weighted by atomic mass is 32.2. The molecule has 2 heterocycles. The first-order valence-corrected chi connectivity index (χ1v) is 10.4. The van der Waals surface area contributed by atoms with Crippen molar-refractivity contribution in [1.82, 2.24) is 5.16 Å². The highest BCUT2D eigenvalue weighted by molar-refractivity contribution is 7.92. The molecular weight excluding hydrogens is 382 g/mol. The van der Waals surface area contributed by atoms with Crippen LogP contribution >= 0.6 is 0 Å². The first-order valence-electron chi connectivity index (χ1n) is 8.47. The Labute approximate surface area is 161 Å². The zero-order valence-electron chi connectivity index (χ0n) is 14.9. The summed E-state index contributed by atoms with van der Waals surface area (Å²) in [6, 6.07) is 9.94. The van der Waals surface area contributed by atoms with Gasteiger partial charge in [0.15, 0.2) is 0 Å². The van der Waals surface area contributed by atoms with E-state index < -0.39 is 10.0 Å². The second-order valence-electron chi connectivity index (χ2n) is 6.57. The molecule has 144 valence electrons. The van der Waals surface area contributed by atoms with Crippen molar-refractivity contribution < 1.29 is 22.8 Å². The van der Waals surface area contributed by atoms with E-state index in [1.54, 1.807) is 29.5 Å². The Balaban J connectivity index is 1.66. The number of phenolic OH excluding ortho intramolecular Hbond substituents is 1. The number of aromatic hydroxyl groups is 1. The minimum Gasteiger partial charge on any atom is -0.506 e. The summed E-state index contributed by atoms with van der Waals surface area (Å²) in [5, 5.41) is 13.6. The van der Waals surface area contributed by atoms with Crippen molar-refractivity contribution in [2.75, 3.05) is 22.4 Å². The Morgan fingerprint density at radius 3 is 2.71 bits per heavy atom. The van der Waals surface area contributed by atoms with Gasteiger partial charge >= 0.3 is 0 Å². The van der Waals surface area contributed by atoms with Gasteiger partial charge in [0.25, 0.3) is 5.91 Å². The maximum Gasteiger partial charge on any atom is 0.258 e. The number of carbonyl (C=O) groups is 1. The van der Waals surface area contributed by atoms with Gasteiger partial charge in [-0.2, -0.15) is 0 Å². The lowest BCUT2D eigenvalue weighted by molar-refractivity contribution is 0.0980. The van der Waals surface area contributed by atoms with Gasteiger partial charge in [-0.15, -0.1) is 0 Å². The van der Waals surface area contributed by atoms with Crippen molar-refractivity contribution in [2.24, 2.45) is 0 Å². The number of nitrogens with one attached hydrogen (secondary N) is 1. The molecule has 4 rings (SSSR count). The molecule has 0 atom stereocenters. The normalized spacial score (nSPS) is 14.0. The molecule has 9 heteroatoms. The van der Waals surface area contributed by atoms with E-state index in [0.717, 1.165) is 22.9 Å². The summed E-state index contributed by atoms with van der Waals surface area (Å²) in [5.74, 6) is -0.397. The quantitative estimate of drug-likeness (QED) is 0.652. The maximum absolute atomic E-state index is 13.0. The Morgan fingerprint density at radius 2 is 2.00 bits per heavy atom. The molecule has 0 saturated carbocycles. The van der Waals surface area contributed by atoms with Crippen molar-refractivity contribution in [3.05, 3.63) is 60.0 Å². The molecule has 2 N–H and O–H groups in total. The van der Waals surface area contributed by atoms with Gasteiger partial charge in [-0.25, -0.2) is 8.42 Å². The molecule has 0 unspecified atom stereocenters. The van der Waals surface area contributed by atoms with E-state index in [4.69, 9.17) is 4.52 Å². The Hall–Kier alpha value is -3.33. The largest absolute Gasteiger partial charge is 0.506 e. The van der Waals surface area contributed by atoms with E-state index in [9.17, 15) is 18.3 Å². The second-order valence-corrected chi connectivity index (χ2v) is 8.32. The maximum atomic E-state index is 13.0. The summed E-state index contributed by atoms with van der Waals surface area (Å²) < 4.78 is 30.1. The molecule has 0 radical (unpaired) electrons. The molecule has 1 aliphatic rings. The van der Waals surface area contributed by atoms with Crippen molar-refractivity contribution in [1.29, 1.82) is 0 Å². The number of sulfonamides is 1. The molecule has 1 aromatic heterocycles. The topological polar surface area (TPSA) is 113 Å². The number of phenols is 1. The van der Waals surface area contributed by atoms with Gasteiger partial charge in [0.05, 0.1) is 18.1 Å². The van der Waals surface area contributed by atoms with Gasteiger partial charge in [0, 0.05) is 23.4 Å². The number of hydrogen-bond acceptors (Lipinski definition) is 6. The lowest BCUT2D eigenvalue weighted by Crippen LogP contribution is -2.37. The summed E-state index contributed by atoms with van der Waals surface area (Å²) in [6.45, 7) is 0.433. The van der Waals surface area contributed by atoms with Crippen molar-refractivity contribution in [2.45, 2.75) is 6.42 Å². The minimum atomic E-state index is -3.56. The van der Waals surface area contributed by atoms with Crippen LogP contribution in [0, 0.1) is 0 Å². The molecule has 0 aliphatic carbocycles. The average Bonchev–Trinajstić information content (AvgIpc) is 3.17. The number of aromatic nitrogens is 1. The van der Waals surface area contributed by atoms with Crippen LogP contribution in [0.1, 0.15) is 15.9 Å². The van der Waals surface area contributed by atoms with Crippen molar-refractivity contribution in [3.8, 4) is 16.9 Å². The number of rotatable bonds is 4. The lowest BCUT2D eigenvalue weighted by atomic mass is 9.94. The fraction of sp³-hybridized carbons (Fsp3) is 0.158. The SMILES string of the molecule is CS(=O)(=O)Nc1cc(N2CCc3cc(-c4cnoc4)ccc3C2=O)ccc1O. The fourth-order valence-corrected chi connectivity index (χ4v) is 3.80. The zero-order valence-corrected chi connectivity index (χ0v) is 15.7. The molecule has 1 amide bonds. The molecule has 1 aliphatic heterocycles. The van der Waals surface area contributed by atoms with Crippen LogP contribution in [0.15, 0.2) is 53.4 Å². The van der Waals surface area contributed by atoms with Gasteiger partial charge in [-0.05, 0) is 41.8 Å². The standard InChI is InChI=1S/C19H17N3O5S/c1-28(25,26)21-17-9-15(3-5-18(17)23)22-7-6-13-8-12(14-10-20-27-11-14)2-4-16(13)19(22)24/h2-5,8-11,21,23H,6-7H2,1H3. The molecule has 8 nitrogen and oxygen atoms in total. The van der Waals surface area contributed by atoms with E-state index in [1.165, 1.54) is 12.1 Å². The van der Waals surface area contributed by atoms with E-state index >= 15 is 0 Å². The molecule has 0 spiro atoms. The highest BCUT2D eigenvalue weighted by Gasteiger charge is 2.26.